The molecule has 2 aromatic carbocycles. The van der Waals surface area contributed by atoms with Gasteiger partial charge in [-0.2, -0.15) is 0 Å². The molecule has 122 valence electrons. The van der Waals surface area contributed by atoms with Crippen molar-refractivity contribution in [3.05, 3.63) is 57.6 Å². The molecular formula is C16H16Cl2O4P+. The van der Waals surface area contributed by atoms with Crippen molar-refractivity contribution in [1.82, 2.24) is 0 Å². The highest BCUT2D eigenvalue weighted by molar-refractivity contribution is 7.77. The Morgan fingerprint density at radius 1 is 1.17 bits per heavy atom. The number of phenolic OH excluding ortho intramolecular Hbond substituents is 1. The normalized spacial score (nSPS) is 13.6. The molecule has 0 aliphatic heterocycles. The number of hydrogen-bond donors (Lipinski definition) is 3. The number of aromatic hydroxyl groups is 1. The Bertz CT molecular complexity index is 724. The number of aromatic carboxylic acids is 1. The van der Waals surface area contributed by atoms with E-state index in [0.717, 1.165) is 5.56 Å². The fourth-order valence-corrected chi connectivity index (χ4v) is 4.71. The van der Waals surface area contributed by atoms with E-state index in [1.54, 1.807) is 43.1 Å². The fraction of sp³-hybridized carbons (Fsp3) is 0.188. The molecule has 0 bridgehead atoms. The molecule has 0 amide bonds. The van der Waals surface area contributed by atoms with Crippen molar-refractivity contribution in [1.29, 1.82) is 0 Å². The number of carboxylic acids is 1. The average Bonchev–Trinajstić information content (AvgIpc) is 2.44. The molecule has 3 N–H and O–H groups in total. The molecule has 0 spiro atoms. The monoisotopic (exact) mass is 373 g/mol. The van der Waals surface area contributed by atoms with Gasteiger partial charge in [-0.15, -0.1) is 0 Å². The number of carbonyl (C=O) groups is 1. The van der Waals surface area contributed by atoms with Gasteiger partial charge in [0.2, 0.25) is 0 Å². The molecule has 0 aliphatic rings. The van der Waals surface area contributed by atoms with Crippen LogP contribution in [0, 0.1) is 0 Å². The lowest BCUT2D eigenvalue weighted by atomic mass is 10.1. The minimum atomic E-state index is -2.41. The van der Waals surface area contributed by atoms with Crippen LogP contribution in [0.25, 0.3) is 0 Å². The molecule has 1 unspecified atom stereocenters. The summed E-state index contributed by atoms with van der Waals surface area (Å²) in [6.07, 6.45) is 0.964. The number of halogens is 2. The Labute approximate surface area is 144 Å². The summed E-state index contributed by atoms with van der Waals surface area (Å²) in [6, 6.07) is 9.68. The third-order valence-electron chi connectivity index (χ3n) is 3.54. The maximum absolute atomic E-state index is 11.1. The molecular weight excluding hydrogens is 358 g/mol. The molecule has 0 radical (unpaired) electrons. The van der Waals surface area contributed by atoms with E-state index in [-0.39, 0.29) is 21.4 Å². The van der Waals surface area contributed by atoms with Gasteiger partial charge in [0.1, 0.15) is 11.1 Å². The Kier molecular flexibility index (Phi) is 5.53. The first-order valence-electron chi connectivity index (χ1n) is 6.80. The van der Waals surface area contributed by atoms with Gasteiger partial charge in [-0.1, -0.05) is 29.3 Å². The fourth-order valence-electron chi connectivity index (χ4n) is 2.24. The van der Waals surface area contributed by atoms with E-state index in [9.17, 15) is 14.8 Å². The lowest BCUT2D eigenvalue weighted by molar-refractivity contribution is 0.0697. The minimum absolute atomic E-state index is 0.0790. The van der Waals surface area contributed by atoms with Crippen molar-refractivity contribution in [3.63, 3.8) is 0 Å². The van der Waals surface area contributed by atoms with Gasteiger partial charge in [0.25, 0.3) is 0 Å². The van der Waals surface area contributed by atoms with Gasteiger partial charge in [0, 0.05) is 12.5 Å². The Morgan fingerprint density at radius 3 is 2.30 bits per heavy atom. The van der Waals surface area contributed by atoms with Gasteiger partial charge < -0.3 is 10.2 Å². The molecule has 1 atom stereocenters. The number of rotatable bonds is 5. The van der Waals surface area contributed by atoms with Gasteiger partial charge in [-0.05, 0) is 29.8 Å². The first-order valence-corrected chi connectivity index (χ1v) is 9.93. The second kappa shape index (κ2) is 7.06. The van der Waals surface area contributed by atoms with Crippen LogP contribution in [0.2, 0.25) is 10.0 Å². The smallest absolute Gasteiger partial charge is 0.338 e. The first kappa shape index (κ1) is 18.0. The second-order valence-corrected chi connectivity index (χ2v) is 9.43. The zero-order chi connectivity index (χ0) is 17.2. The highest BCUT2D eigenvalue weighted by Crippen LogP contribution is 2.50. The van der Waals surface area contributed by atoms with Crippen LogP contribution in [-0.4, -0.2) is 33.9 Å². The van der Waals surface area contributed by atoms with Crippen molar-refractivity contribution in [2.24, 2.45) is 0 Å². The van der Waals surface area contributed by atoms with Crippen molar-refractivity contribution >= 4 is 42.0 Å². The third-order valence-corrected chi connectivity index (χ3v) is 6.62. The van der Waals surface area contributed by atoms with E-state index in [1.165, 1.54) is 0 Å². The van der Waals surface area contributed by atoms with Gasteiger partial charge in [0.05, 0.1) is 28.4 Å². The van der Waals surface area contributed by atoms with Crippen LogP contribution in [0.15, 0.2) is 36.4 Å². The molecule has 0 saturated heterocycles. The summed E-state index contributed by atoms with van der Waals surface area (Å²) in [7, 11) is -2.41. The second-order valence-electron chi connectivity index (χ2n) is 5.37. The van der Waals surface area contributed by atoms with E-state index in [1.807, 2.05) is 0 Å². The Morgan fingerprint density at radius 2 is 1.78 bits per heavy atom. The van der Waals surface area contributed by atoms with Crippen molar-refractivity contribution in [2.75, 3.05) is 12.8 Å². The lowest BCUT2D eigenvalue weighted by Gasteiger charge is -2.16. The summed E-state index contributed by atoms with van der Waals surface area (Å²) in [5.41, 5.74) is 0.636. The summed E-state index contributed by atoms with van der Waals surface area (Å²) >= 11 is 11.9. The highest BCUT2D eigenvalue weighted by atomic mass is 35.5. The molecule has 0 heterocycles. The van der Waals surface area contributed by atoms with Crippen LogP contribution < -0.4 is 5.30 Å². The summed E-state index contributed by atoms with van der Waals surface area (Å²) in [5.74, 6) is -1.06. The zero-order valence-electron chi connectivity index (χ0n) is 12.3. The summed E-state index contributed by atoms with van der Waals surface area (Å²) < 4.78 is 0. The number of benzene rings is 2. The van der Waals surface area contributed by atoms with Crippen LogP contribution in [0.5, 0.6) is 5.75 Å². The lowest BCUT2D eigenvalue weighted by Crippen LogP contribution is -2.14. The van der Waals surface area contributed by atoms with Crippen LogP contribution >= 0.6 is 30.7 Å². The van der Waals surface area contributed by atoms with Crippen LogP contribution in [0.4, 0.5) is 0 Å². The van der Waals surface area contributed by atoms with Gasteiger partial charge in [0.15, 0.2) is 7.49 Å². The van der Waals surface area contributed by atoms with Crippen LogP contribution in [0.3, 0.4) is 0 Å². The van der Waals surface area contributed by atoms with E-state index >= 15 is 0 Å². The quantitative estimate of drug-likeness (QED) is 0.696. The summed E-state index contributed by atoms with van der Waals surface area (Å²) in [5, 5.41) is 19.4. The van der Waals surface area contributed by atoms with Crippen molar-refractivity contribution in [2.45, 2.75) is 6.42 Å². The molecule has 4 nitrogen and oxygen atoms in total. The van der Waals surface area contributed by atoms with Crippen LogP contribution in [-0.2, 0) is 6.42 Å². The van der Waals surface area contributed by atoms with Gasteiger partial charge in [-0.3, -0.25) is 0 Å². The molecule has 0 saturated carbocycles. The number of phenols is 1. The van der Waals surface area contributed by atoms with Gasteiger partial charge in [-0.25, -0.2) is 9.69 Å². The molecule has 23 heavy (non-hydrogen) atoms. The maximum atomic E-state index is 11.1. The third kappa shape index (κ3) is 4.36. The van der Waals surface area contributed by atoms with E-state index < -0.39 is 13.5 Å². The number of carboxylic acid groups (broad SMARTS) is 1. The zero-order valence-corrected chi connectivity index (χ0v) is 14.7. The topological polar surface area (TPSA) is 77.8 Å². The molecule has 2 aromatic rings. The highest BCUT2D eigenvalue weighted by Gasteiger charge is 2.32. The van der Waals surface area contributed by atoms with E-state index in [0.29, 0.717) is 17.9 Å². The Hall–Kier alpha value is -1.32. The summed E-state index contributed by atoms with van der Waals surface area (Å²) in [6.45, 7) is 1.76. The molecule has 0 aromatic heterocycles. The van der Waals surface area contributed by atoms with Crippen LogP contribution in [0.1, 0.15) is 15.9 Å². The minimum Gasteiger partial charge on any atom is -0.508 e. The van der Waals surface area contributed by atoms with Crippen molar-refractivity contribution in [3.8, 4) is 5.75 Å². The molecule has 0 aliphatic carbocycles. The van der Waals surface area contributed by atoms with E-state index in [4.69, 9.17) is 28.3 Å². The standard InChI is InChI=1S/C16H15Cl2O4P/c1-23(22,12-4-2-3-11(19)9-12)6-5-10-7-13(17)15(16(20)21)14(18)8-10/h2-4,7-9,22H,5-6H2,1H3,(H-,19,20,21)/p+1. The van der Waals surface area contributed by atoms with Crippen molar-refractivity contribution < 1.29 is 19.9 Å². The molecule has 2 rings (SSSR count). The molecule has 0 fully saturated rings. The number of hydrogen-bond acceptors (Lipinski definition) is 3. The summed E-state index contributed by atoms with van der Waals surface area (Å²) in [4.78, 5) is 21.8. The number of aryl methyl sites for hydroxylation is 1. The predicted octanol–water partition coefficient (Wildman–Crippen LogP) is 3.82. The first-order chi connectivity index (χ1) is 10.7. The predicted molar refractivity (Wildman–Crippen MR) is 94.8 cm³/mol. The maximum Gasteiger partial charge on any atom is 0.338 e. The SMILES string of the molecule is C[P+](O)(CCc1cc(Cl)c(C(=O)O)c(Cl)c1)c1cccc(O)c1. The largest absolute Gasteiger partial charge is 0.508 e. The van der Waals surface area contributed by atoms with E-state index in [2.05, 4.69) is 0 Å². The van der Waals surface area contributed by atoms with Gasteiger partial charge >= 0.3 is 5.97 Å². The molecule has 7 heteroatoms. The Balaban J connectivity index is 2.19. The average molecular weight is 374 g/mol.